The summed E-state index contributed by atoms with van der Waals surface area (Å²) in [6, 6.07) is 13.9. The van der Waals surface area contributed by atoms with E-state index in [1.54, 1.807) is 25.1 Å². The molecule has 2 aromatic carbocycles. The maximum atomic E-state index is 12.7. The second kappa shape index (κ2) is 6.44. The first-order chi connectivity index (χ1) is 11.8. The molecular weight excluding hydrogens is 336 g/mol. The van der Waals surface area contributed by atoms with Gasteiger partial charge < -0.3 is 0 Å². The maximum absolute atomic E-state index is 12.7. The fraction of sp³-hybridized carbons (Fsp3) is 0.263. The largest absolute Gasteiger partial charge is 0.286 e. The number of hydrogen-bond donors (Lipinski definition) is 0. The number of amides is 1. The van der Waals surface area contributed by atoms with Gasteiger partial charge in [-0.3, -0.25) is 4.79 Å². The van der Waals surface area contributed by atoms with Crippen LogP contribution in [0.3, 0.4) is 0 Å². The van der Waals surface area contributed by atoms with E-state index in [0.29, 0.717) is 16.5 Å². The van der Waals surface area contributed by atoms with E-state index < -0.39 is 21.8 Å². The highest BCUT2D eigenvalue weighted by molar-refractivity contribution is 7.89. The molecule has 0 aliphatic carbocycles. The molecular formula is C19H20N2O3S. The smallest absolute Gasteiger partial charge is 0.271 e. The standard InChI is InChI=1S/C19H20N2O3S/c1-13-9-10-16(11-14(13)2)12-18-15(3)20-21(19(18)22)25(23,24)17-7-5-4-6-8-17/h4-11,18H,12H2,1-3H3. The van der Waals surface area contributed by atoms with Gasteiger partial charge in [-0.2, -0.15) is 13.5 Å². The number of hydrazone groups is 1. The lowest BCUT2D eigenvalue weighted by Crippen LogP contribution is -2.33. The van der Waals surface area contributed by atoms with Crippen molar-refractivity contribution in [3.8, 4) is 0 Å². The molecule has 0 fully saturated rings. The van der Waals surface area contributed by atoms with Crippen molar-refractivity contribution >= 4 is 21.6 Å². The molecule has 3 rings (SSSR count). The summed E-state index contributed by atoms with van der Waals surface area (Å²) in [5.41, 5.74) is 3.84. The third-order valence-electron chi connectivity index (χ3n) is 4.52. The zero-order valence-corrected chi connectivity index (χ0v) is 15.2. The highest BCUT2D eigenvalue weighted by atomic mass is 32.2. The molecule has 0 saturated carbocycles. The Hall–Kier alpha value is -2.47. The molecule has 5 nitrogen and oxygen atoms in total. The minimum Gasteiger partial charge on any atom is -0.271 e. The molecule has 1 amide bonds. The number of carbonyl (C=O) groups is 1. The molecule has 0 saturated heterocycles. The molecule has 1 aliphatic heterocycles. The summed E-state index contributed by atoms with van der Waals surface area (Å²) < 4.78 is 26.0. The number of aryl methyl sites for hydroxylation is 2. The average molecular weight is 356 g/mol. The predicted octanol–water partition coefficient (Wildman–Crippen LogP) is 3.07. The Morgan fingerprint density at radius 3 is 2.32 bits per heavy atom. The molecule has 1 aliphatic rings. The zero-order chi connectivity index (χ0) is 18.2. The van der Waals surface area contributed by atoms with Gasteiger partial charge >= 0.3 is 0 Å². The fourth-order valence-electron chi connectivity index (χ4n) is 2.84. The van der Waals surface area contributed by atoms with Gasteiger partial charge in [-0.15, -0.1) is 4.41 Å². The van der Waals surface area contributed by atoms with E-state index in [1.165, 1.54) is 17.7 Å². The Morgan fingerprint density at radius 1 is 1.00 bits per heavy atom. The Morgan fingerprint density at radius 2 is 1.68 bits per heavy atom. The van der Waals surface area contributed by atoms with Crippen LogP contribution < -0.4 is 0 Å². The molecule has 25 heavy (non-hydrogen) atoms. The van der Waals surface area contributed by atoms with Crippen molar-refractivity contribution < 1.29 is 13.2 Å². The highest BCUT2D eigenvalue weighted by Crippen LogP contribution is 2.27. The molecule has 0 N–H and O–H groups in total. The lowest BCUT2D eigenvalue weighted by Gasteiger charge is -2.15. The van der Waals surface area contributed by atoms with E-state index in [9.17, 15) is 13.2 Å². The number of hydrogen-bond acceptors (Lipinski definition) is 4. The molecule has 1 unspecified atom stereocenters. The van der Waals surface area contributed by atoms with Gasteiger partial charge in [-0.05, 0) is 56.0 Å². The number of nitrogens with zero attached hydrogens (tertiary/aromatic N) is 2. The van der Waals surface area contributed by atoms with Crippen molar-refractivity contribution in [1.29, 1.82) is 0 Å². The van der Waals surface area contributed by atoms with Gasteiger partial charge in [0.2, 0.25) is 0 Å². The van der Waals surface area contributed by atoms with Crippen LogP contribution in [-0.4, -0.2) is 24.5 Å². The SMILES string of the molecule is CC1=NN(S(=O)(=O)c2ccccc2)C(=O)C1Cc1ccc(C)c(C)c1. The summed E-state index contributed by atoms with van der Waals surface area (Å²) in [4.78, 5) is 12.8. The van der Waals surface area contributed by atoms with Crippen LogP contribution in [-0.2, 0) is 21.2 Å². The number of carbonyl (C=O) groups excluding carboxylic acids is 1. The maximum Gasteiger partial charge on any atom is 0.286 e. The summed E-state index contributed by atoms with van der Waals surface area (Å²) in [6.45, 7) is 5.74. The number of sulfonamides is 1. The van der Waals surface area contributed by atoms with Gasteiger partial charge in [0.15, 0.2) is 0 Å². The minimum atomic E-state index is -3.96. The third-order valence-corrected chi connectivity index (χ3v) is 6.10. The Labute approximate surface area is 148 Å². The molecule has 2 aromatic rings. The summed E-state index contributed by atoms with van der Waals surface area (Å²) in [5, 5.41) is 4.05. The molecule has 0 radical (unpaired) electrons. The van der Waals surface area contributed by atoms with Crippen LogP contribution >= 0.6 is 0 Å². The molecule has 0 aromatic heterocycles. The molecule has 1 heterocycles. The van der Waals surface area contributed by atoms with Crippen molar-refractivity contribution in [2.75, 3.05) is 0 Å². The quantitative estimate of drug-likeness (QED) is 0.845. The van der Waals surface area contributed by atoms with Crippen LogP contribution in [0.1, 0.15) is 23.6 Å². The van der Waals surface area contributed by atoms with Crippen molar-refractivity contribution in [2.45, 2.75) is 32.1 Å². The van der Waals surface area contributed by atoms with E-state index in [0.717, 1.165) is 11.1 Å². The van der Waals surface area contributed by atoms with Crippen molar-refractivity contribution in [2.24, 2.45) is 11.0 Å². The second-order valence-corrected chi connectivity index (χ2v) is 8.08. The summed E-state index contributed by atoms with van der Waals surface area (Å²) in [7, 11) is -3.96. The fourth-order valence-corrected chi connectivity index (χ4v) is 4.14. The van der Waals surface area contributed by atoms with E-state index in [2.05, 4.69) is 5.10 Å². The van der Waals surface area contributed by atoms with E-state index in [4.69, 9.17) is 0 Å². The second-order valence-electron chi connectivity index (χ2n) is 6.32. The van der Waals surface area contributed by atoms with Gasteiger partial charge in [0, 0.05) is 5.71 Å². The summed E-state index contributed by atoms with van der Waals surface area (Å²) in [5.74, 6) is -1.06. The third kappa shape index (κ3) is 3.22. The topological polar surface area (TPSA) is 66.8 Å². The first-order valence-electron chi connectivity index (χ1n) is 8.06. The first kappa shape index (κ1) is 17.4. The van der Waals surface area contributed by atoms with Crippen LogP contribution in [0.2, 0.25) is 0 Å². The van der Waals surface area contributed by atoms with Gasteiger partial charge in [-0.25, -0.2) is 0 Å². The van der Waals surface area contributed by atoms with Crippen molar-refractivity contribution in [3.05, 3.63) is 65.2 Å². The van der Waals surface area contributed by atoms with Gasteiger partial charge in [-0.1, -0.05) is 36.4 Å². The molecule has 1 atom stereocenters. The Bertz CT molecular complexity index is 950. The van der Waals surface area contributed by atoms with Crippen LogP contribution in [0.4, 0.5) is 0 Å². The van der Waals surface area contributed by atoms with Crippen molar-refractivity contribution in [1.82, 2.24) is 4.41 Å². The average Bonchev–Trinajstić information content (AvgIpc) is 2.88. The van der Waals surface area contributed by atoms with Gasteiger partial charge in [0.05, 0.1) is 10.8 Å². The normalized spacial score (nSPS) is 17.7. The molecule has 6 heteroatoms. The number of rotatable bonds is 4. The van der Waals surface area contributed by atoms with Crippen LogP contribution in [0.25, 0.3) is 0 Å². The van der Waals surface area contributed by atoms with Gasteiger partial charge in [0.25, 0.3) is 15.9 Å². The van der Waals surface area contributed by atoms with Crippen LogP contribution in [0, 0.1) is 19.8 Å². The minimum absolute atomic E-state index is 0.0618. The molecule has 130 valence electrons. The van der Waals surface area contributed by atoms with Gasteiger partial charge in [0.1, 0.15) is 0 Å². The Balaban J connectivity index is 1.87. The molecule has 0 bridgehead atoms. The molecule has 0 spiro atoms. The zero-order valence-electron chi connectivity index (χ0n) is 14.4. The lowest BCUT2D eigenvalue weighted by atomic mass is 9.94. The monoisotopic (exact) mass is 356 g/mol. The summed E-state index contributed by atoms with van der Waals surface area (Å²) in [6.07, 6.45) is 0.441. The summed E-state index contributed by atoms with van der Waals surface area (Å²) >= 11 is 0. The first-order valence-corrected chi connectivity index (χ1v) is 9.50. The van der Waals surface area contributed by atoms with Crippen LogP contribution in [0.5, 0.6) is 0 Å². The van der Waals surface area contributed by atoms with E-state index in [-0.39, 0.29) is 4.90 Å². The predicted molar refractivity (Wildman–Crippen MR) is 96.7 cm³/mol. The van der Waals surface area contributed by atoms with Crippen molar-refractivity contribution in [3.63, 3.8) is 0 Å². The van der Waals surface area contributed by atoms with E-state index >= 15 is 0 Å². The van der Waals surface area contributed by atoms with E-state index in [1.807, 2.05) is 32.0 Å². The lowest BCUT2D eigenvalue weighted by molar-refractivity contribution is -0.127. The number of benzene rings is 2. The highest BCUT2D eigenvalue weighted by Gasteiger charge is 2.40. The Kier molecular flexibility index (Phi) is 4.47. The van der Waals surface area contributed by atoms with Crippen LogP contribution in [0.15, 0.2) is 58.5 Å².